The van der Waals surface area contributed by atoms with Gasteiger partial charge in [-0.3, -0.25) is 0 Å². The molecule has 0 fully saturated rings. The van der Waals surface area contributed by atoms with Crippen LogP contribution in [0.15, 0.2) is 48.5 Å². The smallest absolute Gasteiger partial charge is 0.280 e. The van der Waals surface area contributed by atoms with Gasteiger partial charge in [0.25, 0.3) is 10.2 Å². The molecule has 0 atom stereocenters. The predicted octanol–water partition coefficient (Wildman–Crippen LogP) is 2.62. The van der Waals surface area contributed by atoms with Crippen LogP contribution in [0.25, 0.3) is 0 Å². The molecule has 2 aromatic carbocycles. The standard InChI is InChI=1S/C19H24N2O3S/c1-2-24-15-19-10-6-4-8-17(19)13-20-25(22,23)21-12-11-16-7-3-5-9-18(16)14-21/h3-10,20H,2,11-15H2,1H3. The Morgan fingerprint density at radius 2 is 1.72 bits per heavy atom. The zero-order chi connectivity index (χ0) is 17.7. The summed E-state index contributed by atoms with van der Waals surface area (Å²) in [5.74, 6) is 0. The van der Waals surface area contributed by atoms with E-state index in [9.17, 15) is 8.42 Å². The maximum atomic E-state index is 12.7. The van der Waals surface area contributed by atoms with Gasteiger partial charge in [-0.15, -0.1) is 0 Å². The normalized spacial score (nSPS) is 15.1. The third-order valence-electron chi connectivity index (χ3n) is 4.46. The summed E-state index contributed by atoms with van der Waals surface area (Å²) in [6, 6.07) is 15.8. The molecule has 25 heavy (non-hydrogen) atoms. The Morgan fingerprint density at radius 3 is 2.48 bits per heavy atom. The van der Waals surface area contributed by atoms with Gasteiger partial charge in [0.15, 0.2) is 0 Å². The number of benzene rings is 2. The van der Waals surface area contributed by atoms with Crippen molar-refractivity contribution in [2.75, 3.05) is 13.2 Å². The van der Waals surface area contributed by atoms with Crippen LogP contribution in [-0.4, -0.2) is 25.9 Å². The number of fused-ring (bicyclic) bond motifs is 1. The third-order valence-corrected chi connectivity index (χ3v) is 5.96. The molecule has 0 aliphatic carbocycles. The molecule has 1 aliphatic heterocycles. The Kier molecular flexibility index (Phi) is 5.86. The highest BCUT2D eigenvalue weighted by Gasteiger charge is 2.26. The van der Waals surface area contributed by atoms with E-state index < -0.39 is 10.2 Å². The van der Waals surface area contributed by atoms with Crippen molar-refractivity contribution in [1.82, 2.24) is 9.03 Å². The third kappa shape index (κ3) is 4.46. The zero-order valence-corrected chi connectivity index (χ0v) is 15.3. The van der Waals surface area contributed by atoms with E-state index in [1.54, 1.807) is 0 Å². The SMILES string of the molecule is CCOCc1ccccc1CNS(=O)(=O)N1CCc2ccccc2C1. The van der Waals surface area contributed by atoms with Gasteiger partial charge in [-0.25, -0.2) is 0 Å². The van der Waals surface area contributed by atoms with Crippen LogP contribution in [-0.2, 0) is 41.1 Å². The number of nitrogens with zero attached hydrogens (tertiary/aromatic N) is 1. The van der Waals surface area contributed by atoms with Crippen molar-refractivity contribution in [2.24, 2.45) is 0 Å². The Bertz CT molecular complexity index is 821. The molecule has 0 saturated heterocycles. The maximum Gasteiger partial charge on any atom is 0.280 e. The summed E-state index contributed by atoms with van der Waals surface area (Å²) in [7, 11) is -3.52. The van der Waals surface area contributed by atoms with Crippen LogP contribution in [0.3, 0.4) is 0 Å². The second-order valence-corrected chi connectivity index (χ2v) is 7.84. The van der Waals surface area contributed by atoms with E-state index in [-0.39, 0.29) is 6.54 Å². The fourth-order valence-electron chi connectivity index (χ4n) is 3.02. The molecule has 3 rings (SSSR count). The van der Waals surface area contributed by atoms with Crippen molar-refractivity contribution in [2.45, 2.75) is 33.0 Å². The average molecular weight is 360 g/mol. The Hall–Kier alpha value is -1.73. The first kappa shape index (κ1) is 18.1. The van der Waals surface area contributed by atoms with E-state index in [0.29, 0.717) is 26.3 Å². The van der Waals surface area contributed by atoms with Crippen molar-refractivity contribution >= 4 is 10.2 Å². The van der Waals surface area contributed by atoms with Gasteiger partial charge in [0, 0.05) is 26.2 Å². The van der Waals surface area contributed by atoms with Gasteiger partial charge in [0.05, 0.1) is 6.61 Å². The number of hydrogen-bond acceptors (Lipinski definition) is 3. The lowest BCUT2D eigenvalue weighted by Crippen LogP contribution is -2.43. The Labute approximate surface area is 149 Å². The Balaban J connectivity index is 1.67. The first-order chi connectivity index (χ1) is 12.1. The highest BCUT2D eigenvalue weighted by atomic mass is 32.2. The molecule has 0 saturated carbocycles. The van der Waals surface area contributed by atoms with Gasteiger partial charge in [-0.2, -0.15) is 17.4 Å². The van der Waals surface area contributed by atoms with Crippen molar-refractivity contribution < 1.29 is 13.2 Å². The van der Waals surface area contributed by atoms with E-state index >= 15 is 0 Å². The average Bonchev–Trinajstić information content (AvgIpc) is 2.65. The lowest BCUT2D eigenvalue weighted by Gasteiger charge is -2.28. The second-order valence-electron chi connectivity index (χ2n) is 6.08. The van der Waals surface area contributed by atoms with Crippen LogP contribution in [0.5, 0.6) is 0 Å². The van der Waals surface area contributed by atoms with Crippen LogP contribution in [0.1, 0.15) is 29.2 Å². The van der Waals surface area contributed by atoms with Crippen LogP contribution >= 0.6 is 0 Å². The van der Waals surface area contributed by atoms with Crippen molar-refractivity contribution in [3.05, 3.63) is 70.8 Å². The van der Waals surface area contributed by atoms with Crippen molar-refractivity contribution in [3.8, 4) is 0 Å². The molecule has 5 nitrogen and oxygen atoms in total. The molecular formula is C19H24N2O3S. The number of ether oxygens (including phenoxy) is 1. The summed E-state index contributed by atoms with van der Waals surface area (Å²) >= 11 is 0. The van der Waals surface area contributed by atoms with Gasteiger partial charge >= 0.3 is 0 Å². The second kappa shape index (κ2) is 8.10. The van der Waals surface area contributed by atoms with Gasteiger partial charge in [-0.1, -0.05) is 48.5 Å². The van der Waals surface area contributed by atoms with E-state index in [1.807, 2.05) is 49.4 Å². The molecule has 0 unspecified atom stereocenters. The first-order valence-electron chi connectivity index (χ1n) is 8.56. The Morgan fingerprint density at radius 1 is 1.04 bits per heavy atom. The molecule has 0 spiro atoms. The molecule has 6 heteroatoms. The monoisotopic (exact) mass is 360 g/mol. The molecule has 0 aromatic heterocycles. The highest BCUT2D eigenvalue weighted by Crippen LogP contribution is 2.20. The molecule has 1 heterocycles. The van der Waals surface area contributed by atoms with E-state index in [4.69, 9.17) is 4.74 Å². The molecule has 0 amide bonds. The molecule has 0 bridgehead atoms. The fraction of sp³-hybridized carbons (Fsp3) is 0.368. The number of nitrogens with one attached hydrogen (secondary N) is 1. The maximum absolute atomic E-state index is 12.7. The first-order valence-corrected chi connectivity index (χ1v) is 10.00. The van der Waals surface area contributed by atoms with E-state index in [1.165, 1.54) is 9.87 Å². The quantitative estimate of drug-likeness (QED) is 0.826. The summed E-state index contributed by atoms with van der Waals surface area (Å²) in [5, 5.41) is 0. The number of hydrogen-bond donors (Lipinski definition) is 1. The van der Waals surface area contributed by atoms with Gasteiger partial charge < -0.3 is 4.74 Å². The molecule has 0 radical (unpaired) electrons. The van der Waals surface area contributed by atoms with Crippen LogP contribution in [0.4, 0.5) is 0 Å². The fourth-order valence-corrected chi connectivity index (χ4v) is 4.18. The summed E-state index contributed by atoms with van der Waals surface area (Å²) in [6.45, 7) is 4.26. The lowest BCUT2D eigenvalue weighted by molar-refractivity contribution is 0.133. The number of rotatable bonds is 7. The van der Waals surface area contributed by atoms with Crippen molar-refractivity contribution in [1.29, 1.82) is 0 Å². The molecule has 2 aromatic rings. The van der Waals surface area contributed by atoms with Crippen LogP contribution in [0, 0.1) is 0 Å². The summed E-state index contributed by atoms with van der Waals surface area (Å²) in [4.78, 5) is 0. The minimum absolute atomic E-state index is 0.268. The van der Waals surface area contributed by atoms with Gasteiger partial charge in [0.1, 0.15) is 0 Å². The minimum atomic E-state index is -3.52. The largest absolute Gasteiger partial charge is 0.377 e. The molecular weight excluding hydrogens is 336 g/mol. The molecule has 134 valence electrons. The summed E-state index contributed by atoms with van der Waals surface area (Å²) < 4.78 is 35.1. The van der Waals surface area contributed by atoms with Crippen LogP contribution < -0.4 is 4.72 Å². The van der Waals surface area contributed by atoms with E-state index in [2.05, 4.69) is 10.8 Å². The zero-order valence-electron chi connectivity index (χ0n) is 14.4. The van der Waals surface area contributed by atoms with Gasteiger partial charge in [-0.05, 0) is 35.6 Å². The van der Waals surface area contributed by atoms with E-state index in [0.717, 1.165) is 23.1 Å². The van der Waals surface area contributed by atoms with Gasteiger partial charge in [0.2, 0.25) is 0 Å². The highest BCUT2D eigenvalue weighted by molar-refractivity contribution is 7.87. The van der Waals surface area contributed by atoms with Crippen molar-refractivity contribution in [3.63, 3.8) is 0 Å². The summed E-state index contributed by atoms with van der Waals surface area (Å²) in [5.41, 5.74) is 4.26. The lowest BCUT2D eigenvalue weighted by atomic mass is 10.0. The van der Waals surface area contributed by atoms with Crippen LogP contribution in [0.2, 0.25) is 0 Å². The molecule has 1 aliphatic rings. The summed E-state index contributed by atoms with van der Waals surface area (Å²) in [6.07, 6.45) is 0.748. The predicted molar refractivity (Wildman–Crippen MR) is 98.1 cm³/mol. The minimum Gasteiger partial charge on any atom is -0.377 e. The topological polar surface area (TPSA) is 58.6 Å². The molecule has 1 N–H and O–H groups in total.